The van der Waals surface area contributed by atoms with Gasteiger partial charge < -0.3 is 9.13 Å². The lowest BCUT2D eigenvalue weighted by Crippen LogP contribution is -2.04. The van der Waals surface area contributed by atoms with Crippen LogP contribution in [0.15, 0.2) is 83.6 Å². The maximum absolute atomic E-state index is 16.9. The first kappa shape index (κ1) is 31.3. The zero-order valence-corrected chi connectivity index (χ0v) is 29.2. The molecule has 50 heavy (non-hydrogen) atoms. The number of fused-ring (bicyclic) bond motifs is 10. The number of nitrogens with zero attached hydrogens (tertiary/aromatic N) is 2. The molecule has 0 aliphatic heterocycles. The molecule has 0 aliphatic carbocycles. The van der Waals surface area contributed by atoms with Crippen molar-refractivity contribution >= 4 is 86.5 Å². The average Bonchev–Trinajstić information content (AvgIpc) is 3.92. The highest BCUT2D eigenvalue weighted by atomic mass is 32.1. The third kappa shape index (κ3) is 4.37. The number of unbranched alkanes of at least 4 members (excludes halogenated alkanes) is 2. The highest BCUT2D eigenvalue weighted by molar-refractivity contribution is 7.17. The summed E-state index contributed by atoms with van der Waals surface area (Å²) in [6.45, 7) is 5.64. The Morgan fingerprint density at radius 2 is 0.920 bits per heavy atom. The smallest absolute Gasteiger partial charge is 0.170 e. The number of aromatic nitrogens is 2. The van der Waals surface area contributed by atoms with Gasteiger partial charge in [-0.25, -0.2) is 17.6 Å². The molecule has 0 amide bonds. The summed E-state index contributed by atoms with van der Waals surface area (Å²) in [5.74, 6) is -5.57. The van der Waals surface area contributed by atoms with Crippen molar-refractivity contribution in [1.29, 1.82) is 0 Å². The van der Waals surface area contributed by atoms with Gasteiger partial charge in [0.1, 0.15) is 0 Å². The van der Waals surface area contributed by atoms with Gasteiger partial charge in [-0.1, -0.05) is 63.1 Å². The van der Waals surface area contributed by atoms with Crippen molar-refractivity contribution in [2.24, 2.45) is 0 Å². The summed E-state index contributed by atoms with van der Waals surface area (Å²) in [5, 5.41) is 8.54. The van der Waals surface area contributed by atoms with Crippen LogP contribution in [0.5, 0.6) is 0 Å². The maximum Gasteiger partial charge on any atom is 0.170 e. The summed E-state index contributed by atoms with van der Waals surface area (Å²) in [6.07, 6.45) is 3.73. The Hall–Kier alpha value is -4.66. The molecule has 0 saturated carbocycles. The lowest BCUT2D eigenvalue weighted by molar-refractivity contribution is 0.463. The second kappa shape index (κ2) is 12.0. The van der Waals surface area contributed by atoms with Crippen LogP contribution in [0.2, 0.25) is 0 Å². The topological polar surface area (TPSA) is 9.86 Å². The fourth-order valence-electron chi connectivity index (χ4n) is 7.97. The SMILES string of the molecule is CCCCn1c2ccccc2c2c(-c3c(F)c(F)c(-c4cc5sccc5c5c4c4ccccc4n5CCCC)c(F)c3F)cc3sccc3c21. The minimum atomic E-state index is -1.39. The first-order chi connectivity index (χ1) is 24.4. The van der Waals surface area contributed by atoms with E-state index in [4.69, 9.17) is 0 Å². The van der Waals surface area contributed by atoms with Gasteiger partial charge in [-0.05, 0) is 71.1 Å². The Balaban J connectivity index is 1.38. The molecule has 0 atom stereocenters. The molecule has 4 aromatic heterocycles. The normalized spacial score (nSPS) is 12.3. The van der Waals surface area contributed by atoms with Crippen molar-refractivity contribution in [2.75, 3.05) is 0 Å². The Morgan fingerprint density at radius 1 is 0.520 bits per heavy atom. The van der Waals surface area contributed by atoms with Gasteiger partial charge in [-0.15, -0.1) is 22.7 Å². The van der Waals surface area contributed by atoms with Crippen molar-refractivity contribution in [2.45, 2.75) is 52.6 Å². The van der Waals surface area contributed by atoms with Gasteiger partial charge in [0.05, 0.1) is 22.2 Å². The molecule has 0 fully saturated rings. The summed E-state index contributed by atoms with van der Waals surface area (Å²) in [5.41, 5.74) is 2.42. The van der Waals surface area contributed by atoms with Crippen LogP contribution in [0, 0.1) is 23.3 Å². The quantitative estimate of drug-likeness (QED) is 0.110. The van der Waals surface area contributed by atoms with Crippen LogP contribution in [0.1, 0.15) is 39.5 Å². The fourth-order valence-corrected chi connectivity index (χ4v) is 9.63. The Labute approximate surface area is 293 Å². The number of hydrogen-bond acceptors (Lipinski definition) is 2. The molecule has 9 aromatic rings. The van der Waals surface area contributed by atoms with Crippen molar-refractivity contribution in [3.63, 3.8) is 0 Å². The van der Waals surface area contributed by atoms with Gasteiger partial charge >= 0.3 is 0 Å². The summed E-state index contributed by atoms with van der Waals surface area (Å²) in [6, 6.07) is 22.9. The van der Waals surface area contributed by atoms with E-state index in [9.17, 15) is 0 Å². The zero-order chi connectivity index (χ0) is 34.3. The molecule has 9 rings (SSSR count). The first-order valence-corrected chi connectivity index (χ1v) is 18.9. The largest absolute Gasteiger partial charge is 0.340 e. The molecule has 0 bridgehead atoms. The first-order valence-electron chi connectivity index (χ1n) is 17.1. The summed E-state index contributed by atoms with van der Waals surface area (Å²) < 4.78 is 73.5. The molecule has 0 radical (unpaired) electrons. The summed E-state index contributed by atoms with van der Waals surface area (Å²) >= 11 is 2.88. The summed E-state index contributed by atoms with van der Waals surface area (Å²) in [4.78, 5) is 0. The van der Waals surface area contributed by atoms with E-state index in [2.05, 4.69) is 23.0 Å². The van der Waals surface area contributed by atoms with Crippen LogP contribution >= 0.6 is 22.7 Å². The number of halogens is 4. The molecular weight excluding hydrogens is 673 g/mol. The lowest BCUT2D eigenvalue weighted by Gasteiger charge is -2.16. The Morgan fingerprint density at radius 3 is 1.32 bits per heavy atom. The number of para-hydroxylation sites is 2. The van der Waals surface area contributed by atoms with Crippen LogP contribution in [0.4, 0.5) is 17.6 Å². The Kier molecular flexibility index (Phi) is 7.51. The number of hydrogen-bond donors (Lipinski definition) is 0. The second-order valence-corrected chi connectivity index (χ2v) is 14.9. The highest BCUT2D eigenvalue weighted by Gasteiger charge is 2.32. The molecule has 0 saturated heterocycles. The molecule has 4 heterocycles. The van der Waals surface area contributed by atoms with E-state index >= 15 is 17.6 Å². The van der Waals surface area contributed by atoms with Gasteiger partial charge in [0.2, 0.25) is 0 Å². The number of rotatable bonds is 8. The molecule has 0 N–H and O–H groups in total. The molecule has 8 heteroatoms. The van der Waals surface area contributed by atoms with Crippen molar-refractivity contribution in [3.05, 3.63) is 107 Å². The second-order valence-electron chi connectivity index (χ2n) is 13.0. The number of benzene rings is 5. The zero-order valence-electron chi connectivity index (χ0n) is 27.5. The highest BCUT2D eigenvalue weighted by Crippen LogP contribution is 2.49. The molecule has 0 aliphatic rings. The van der Waals surface area contributed by atoms with Gasteiger partial charge in [0, 0.05) is 65.8 Å². The number of aryl methyl sites for hydroxylation is 2. The third-order valence-corrected chi connectivity index (χ3v) is 11.9. The molecule has 2 nitrogen and oxygen atoms in total. The van der Waals surface area contributed by atoms with Crippen molar-refractivity contribution in [3.8, 4) is 22.3 Å². The van der Waals surface area contributed by atoms with Gasteiger partial charge in [0.15, 0.2) is 23.3 Å². The van der Waals surface area contributed by atoms with Crippen LogP contribution < -0.4 is 0 Å². The van der Waals surface area contributed by atoms with Gasteiger partial charge in [-0.2, -0.15) is 0 Å². The molecular formula is C42H32F4N2S2. The number of thiophene rings is 2. The monoisotopic (exact) mass is 704 g/mol. The van der Waals surface area contributed by atoms with Crippen molar-refractivity contribution in [1.82, 2.24) is 9.13 Å². The van der Waals surface area contributed by atoms with Crippen LogP contribution in [-0.4, -0.2) is 9.13 Å². The van der Waals surface area contributed by atoms with E-state index in [1.807, 2.05) is 71.4 Å². The van der Waals surface area contributed by atoms with E-state index in [1.165, 1.54) is 22.7 Å². The van der Waals surface area contributed by atoms with Crippen molar-refractivity contribution < 1.29 is 17.6 Å². The molecule has 0 spiro atoms. The van der Waals surface area contributed by atoms with E-state index in [1.54, 1.807) is 12.1 Å². The van der Waals surface area contributed by atoms with Gasteiger partial charge in [0.25, 0.3) is 0 Å². The lowest BCUT2D eigenvalue weighted by atomic mass is 9.92. The van der Waals surface area contributed by atoms with Crippen LogP contribution in [0.3, 0.4) is 0 Å². The van der Waals surface area contributed by atoms with Gasteiger partial charge in [-0.3, -0.25) is 0 Å². The summed E-state index contributed by atoms with van der Waals surface area (Å²) in [7, 11) is 0. The van der Waals surface area contributed by atoms with E-state index in [0.29, 0.717) is 23.9 Å². The minimum absolute atomic E-state index is 0.149. The standard InChI is InChI=1S/C42H32F4N2S2/c1-3-5-17-47-29-13-9-7-11-23(29)33-27(21-31-25(41(33)47)15-19-49-31)35-37(43)39(45)36(40(46)38(35)44)28-22-32-26(16-20-50-32)42-34(28)24-12-8-10-14-30(24)48(42)18-6-4-2/h7-16,19-22H,3-6,17-18H2,1-2H3. The van der Waals surface area contributed by atoms with Crippen LogP contribution in [-0.2, 0) is 13.1 Å². The van der Waals surface area contributed by atoms with E-state index in [-0.39, 0.29) is 11.1 Å². The molecule has 0 unspecified atom stereocenters. The minimum Gasteiger partial charge on any atom is -0.340 e. The van der Waals surface area contributed by atoms with E-state index < -0.39 is 34.4 Å². The van der Waals surface area contributed by atoms with E-state index in [0.717, 1.165) is 78.7 Å². The fraction of sp³-hybridized carbons (Fsp3) is 0.190. The maximum atomic E-state index is 16.9. The third-order valence-electron chi connectivity index (χ3n) is 10.2. The molecule has 250 valence electrons. The van der Waals surface area contributed by atoms with Crippen LogP contribution in [0.25, 0.3) is 86.0 Å². The molecule has 5 aromatic carbocycles. The Bertz CT molecular complexity index is 2580. The average molecular weight is 705 g/mol. The predicted octanol–water partition coefficient (Wildman–Crippen LogP) is 13.8. The predicted molar refractivity (Wildman–Crippen MR) is 204 cm³/mol.